The van der Waals surface area contributed by atoms with Gasteiger partial charge in [0.15, 0.2) is 0 Å². The van der Waals surface area contributed by atoms with E-state index in [1.165, 1.54) is 0 Å². The predicted molar refractivity (Wildman–Crippen MR) is 105 cm³/mol. The van der Waals surface area contributed by atoms with Gasteiger partial charge < -0.3 is 14.4 Å². The number of rotatable bonds is 4. The Kier molecular flexibility index (Phi) is 5.25. The maximum absolute atomic E-state index is 12.8. The number of carbonyl (C=O) groups excluding carboxylic acids is 1. The number of benzene rings is 1. The molecule has 1 atom stereocenters. The van der Waals surface area contributed by atoms with Crippen LogP contribution in [0.25, 0.3) is 0 Å². The Balaban J connectivity index is 1.44. The molecule has 1 fully saturated rings. The van der Waals surface area contributed by atoms with Crippen molar-refractivity contribution in [1.82, 2.24) is 24.6 Å². The van der Waals surface area contributed by atoms with Crippen LogP contribution in [-0.4, -0.2) is 63.2 Å². The van der Waals surface area contributed by atoms with E-state index in [0.29, 0.717) is 24.9 Å². The molecule has 144 valence electrons. The fourth-order valence-electron chi connectivity index (χ4n) is 4.34. The van der Waals surface area contributed by atoms with E-state index >= 15 is 0 Å². The van der Waals surface area contributed by atoms with Gasteiger partial charge in [-0.25, -0.2) is 0 Å². The van der Waals surface area contributed by atoms with Crippen LogP contribution in [0, 0.1) is 5.92 Å². The van der Waals surface area contributed by atoms with Gasteiger partial charge in [0.05, 0.1) is 0 Å². The second-order valence-electron chi connectivity index (χ2n) is 8.17. The third-order valence-corrected chi connectivity index (χ3v) is 5.62. The number of hydrogen-bond donors (Lipinski definition) is 0. The van der Waals surface area contributed by atoms with Gasteiger partial charge in [0.2, 0.25) is 0 Å². The Morgan fingerprint density at radius 3 is 2.70 bits per heavy atom. The Morgan fingerprint density at radius 1 is 1.11 bits per heavy atom. The zero-order valence-corrected chi connectivity index (χ0v) is 16.3. The van der Waals surface area contributed by atoms with Crippen LogP contribution < -0.4 is 0 Å². The molecule has 1 unspecified atom stereocenters. The highest BCUT2D eigenvalue weighted by Crippen LogP contribution is 2.27. The molecule has 1 amide bonds. The molecule has 0 aliphatic carbocycles. The number of likely N-dealkylation sites (tertiary alicyclic amines) is 1. The first kappa shape index (κ1) is 18.2. The summed E-state index contributed by atoms with van der Waals surface area (Å²) in [7, 11) is 0. The molecule has 0 bridgehead atoms. The summed E-state index contributed by atoms with van der Waals surface area (Å²) < 4.78 is 2.28. The minimum absolute atomic E-state index is 0.111. The highest BCUT2D eigenvalue weighted by molar-refractivity contribution is 5.94. The lowest BCUT2D eigenvalue weighted by Gasteiger charge is -2.20. The third kappa shape index (κ3) is 3.90. The summed E-state index contributed by atoms with van der Waals surface area (Å²) in [6.07, 6.45) is 1.92. The number of carbonyl (C=O) groups is 1. The molecule has 0 spiro atoms. The van der Waals surface area contributed by atoms with Gasteiger partial charge in [0.1, 0.15) is 11.6 Å². The minimum Gasteiger partial charge on any atom is -0.336 e. The average Bonchev–Trinajstić information content (AvgIpc) is 3.23. The van der Waals surface area contributed by atoms with Crippen LogP contribution in [0.15, 0.2) is 30.3 Å². The van der Waals surface area contributed by atoms with Crippen molar-refractivity contribution in [2.75, 3.05) is 32.7 Å². The third-order valence-electron chi connectivity index (χ3n) is 5.62. The largest absolute Gasteiger partial charge is 0.336 e. The second-order valence-corrected chi connectivity index (χ2v) is 8.17. The lowest BCUT2D eigenvalue weighted by atomic mass is 10.1. The van der Waals surface area contributed by atoms with Gasteiger partial charge in [-0.15, -0.1) is 10.2 Å². The topological polar surface area (TPSA) is 54.3 Å². The summed E-state index contributed by atoms with van der Waals surface area (Å²) in [5.74, 6) is 3.40. The van der Waals surface area contributed by atoms with Crippen molar-refractivity contribution >= 4 is 5.91 Å². The van der Waals surface area contributed by atoms with Gasteiger partial charge in [-0.1, -0.05) is 32.0 Å². The summed E-state index contributed by atoms with van der Waals surface area (Å²) in [6.45, 7) is 10.1. The van der Waals surface area contributed by atoms with Gasteiger partial charge in [-0.2, -0.15) is 0 Å². The maximum Gasteiger partial charge on any atom is 0.253 e. The van der Waals surface area contributed by atoms with Crippen LogP contribution in [-0.2, 0) is 13.0 Å². The fourth-order valence-corrected chi connectivity index (χ4v) is 4.34. The maximum atomic E-state index is 12.8. The first-order chi connectivity index (χ1) is 13.1. The van der Waals surface area contributed by atoms with E-state index in [9.17, 15) is 4.79 Å². The van der Waals surface area contributed by atoms with Crippen molar-refractivity contribution in [3.05, 3.63) is 47.5 Å². The van der Waals surface area contributed by atoms with E-state index in [4.69, 9.17) is 0 Å². The summed E-state index contributed by atoms with van der Waals surface area (Å²) in [6, 6.07) is 9.56. The molecule has 3 heterocycles. The molecule has 27 heavy (non-hydrogen) atoms. The van der Waals surface area contributed by atoms with Crippen LogP contribution in [0.5, 0.6) is 0 Å². The molecule has 2 aliphatic rings. The quantitative estimate of drug-likeness (QED) is 0.833. The monoisotopic (exact) mass is 367 g/mol. The molecule has 2 aliphatic heterocycles. The number of nitrogens with zero attached hydrogens (tertiary/aromatic N) is 5. The van der Waals surface area contributed by atoms with Crippen LogP contribution in [0.3, 0.4) is 0 Å². The number of hydrogen-bond acceptors (Lipinski definition) is 4. The van der Waals surface area contributed by atoms with Crippen molar-refractivity contribution < 1.29 is 4.79 Å². The summed E-state index contributed by atoms with van der Waals surface area (Å²) in [4.78, 5) is 17.3. The molecule has 6 nitrogen and oxygen atoms in total. The fraction of sp³-hybridized carbons (Fsp3) is 0.571. The van der Waals surface area contributed by atoms with E-state index in [0.717, 1.165) is 56.2 Å². The number of amides is 1. The Hall–Kier alpha value is -2.21. The Morgan fingerprint density at radius 2 is 1.93 bits per heavy atom. The highest BCUT2D eigenvalue weighted by atomic mass is 16.2. The van der Waals surface area contributed by atoms with Crippen LogP contribution in [0.1, 0.15) is 48.2 Å². The molecule has 2 aromatic rings. The lowest BCUT2D eigenvalue weighted by molar-refractivity contribution is 0.0758. The van der Waals surface area contributed by atoms with Gasteiger partial charge in [0, 0.05) is 50.6 Å². The zero-order chi connectivity index (χ0) is 18.8. The van der Waals surface area contributed by atoms with E-state index in [2.05, 4.69) is 33.5 Å². The molecule has 1 saturated heterocycles. The smallest absolute Gasteiger partial charge is 0.253 e. The number of aromatic nitrogens is 3. The molecule has 0 saturated carbocycles. The standard InChI is InChI=1S/C21H29N5O/c1-16(2)14-24-10-8-18(15-24)20-23-22-19-9-11-25(12-13-26(19)20)21(27)17-6-4-3-5-7-17/h3-7,16,18H,8-15H2,1-2H3. The SMILES string of the molecule is CC(C)CN1CCC(c2nnc3n2CCN(C(=O)c2ccccc2)CC3)C1. The molecule has 1 aromatic carbocycles. The minimum atomic E-state index is 0.111. The Bertz CT molecular complexity index is 785. The highest BCUT2D eigenvalue weighted by Gasteiger charge is 2.30. The normalized spacial score (nSPS) is 20.7. The van der Waals surface area contributed by atoms with Crippen molar-refractivity contribution in [2.24, 2.45) is 5.92 Å². The molecule has 4 rings (SSSR count). The number of fused-ring (bicyclic) bond motifs is 1. The summed E-state index contributed by atoms with van der Waals surface area (Å²) in [5.41, 5.74) is 0.760. The Labute approximate surface area is 161 Å². The molecule has 0 N–H and O–H groups in total. The average molecular weight is 367 g/mol. The predicted octanol–water partition coefficient (Wildman–Crippen LogP) is 2.42. The van der Waals surface area contributed by atoms with Gasteiger partial charge in [-0.05, 0) is 31.0 Å². The van der Waals surface area contributed by atoms with Crippen LogP contribution in [0.4, 0.5) is 0 Å². The van der Waals surface area contributed by atoms with Crippen molar-refractivity contribution in [3.8, 4) is 0 Å². The first-order valence-corrected chi connectivity index (χ1v) is 10.1. The van der Waals surface area contributed by atoms with E-state index in [1.54, 1.807) is 0 Å². The first-order valence-electron chi connectivity index (χ1n) is 10.1. The van der Waals surface area contributed by atoms with Crippen molar-refractivity contribution in [1.29, 1.82) is 0 Å². The molecule has 6 heteroatoms. The van der Waals surface area contributed by atoms with E-state index in [-0.39, 0.29) is 5.91 Å². The molecule has 1 aromatic heterocycles. The van der Waals surface area contributed by atoms with Gasteiger partial charge in [0.25, 0.3) is 5.91 Å². The molecule has 0 radical (unpaired) electrons. The van der Waals surface area contributed by atoms with Crippen LogP contribution >= 0.6 is 0 Å². The molecular weight excluding hydrogens is 338 g/mol. The second kappa shape index (κ2) is 7.80. The zero-order valence-electron chi connectivity index (χ0n) is 16.3. The van der Waals surface area contributed by atoms with Gasteiger partial charge >= 0.3 is 0 Å². The lowest BCUT2D eigenvalue weighted by Crippen LogP contribution is -2.33. The van der Waals surface area contributed by atoms with Gasteiger partial charge in [-0.3, -0.25) is 4.79 Å². The van der Waals surface area contributed by atoms with Crippen LogP contribution in [0.2, 0.25) is 0 Å². The molecular formula is C21H29N5O. The van der Waals surface area contributed by atoms with E-state index in [1.807, 2.05) is 35.2 Å². The van der Waals surface area contributed by atoms with Crippen molar-refractivity contribution in [2.45, 2.75) is 39.2 Å². The van der Waals surface area contributed by atoms with E-state index < -0.39 is 0 Å². The van der Waals surface area contributed by atoms with Crippen molar-refractivity contribution in [3.63, 3.8) is 0 Å². The summed E-state index contributed by atoms with van der Waals surface area (Å²) in [5, 5.41) is 9.02. The summed E-state index contributed by atoms with van der Waals surface area (Å²) >= 11 is 0.